The van der Waals surface area contributed by atoms with E-state index in [1.165, 1.54) is 18.3 Å². The molecule has 0 fully saturated rings. The van der Waals surface area contributed by atoms with Gasteiger partial charge in [-0.3, -0.25) is 0 Å². The highest BCUT2D eigenvalue weighted by molar-refractivity contribution is 7.90. The molecule has 0 saturated heterocycles. The quantitative estimate of drug-likeness (QED) is 0.729. The molecule has 0 aliphatic carbocycles. The van der Waals surface area contributed by atoms with Crippen molar-refractivity contribution in [3.8, 4) is 11.5 Å². The molecule has 0 amide bonds. The Balaban J connectivity index is 2.25. The Morgan fingerprint density at radius 2 is 1.83 bits per heavy atom. The van der Waals surface area contributed by atoms with Gasteiger partial charge < -0.3 is 9.47 Å². The lowest BCUT2D eigenvalue weighted by atomic mass is 10.2. The normalized spacial score (nSPS) is 11.6. The summed E-state index contributed by atoms with van der Waals surface area (Å²) in [7, 11) is -2.15. The van der Waals surface area contributed by atoms with Gasteiger partial charge in [0.25, 0.3) is 10.0 Å². The van der Waals surface area contributed by atoms with Crippen molar-refractivity contribution < 1.29 is 17.9 Å². The predicted molar refractivity (Wildman–Crippen MR) is 90.0 cm³/mol. The van der Waals surface area contributed by atoms with Gasteiger partial charge in [-0.05, 0) is 42.3 Å². The standard InChI is InChI=1S/C17H19NO4S/c1-3-11-22-17-12-14(9-10-16(17)21-2)13-18-23(19,20)15-7-5-4-6-8-15/h4-10,12-13H,3,11H2,1-2H3/b18-13-. The number of sulfonamides is 1. The average Bonchev–Trinajstić information content (AvgIpc) is 2.59. The minimum atomic E-state index is -3.71. The molecule has 0 heterocycles. The highest BCUT2D eigenvalue weighted by Crippen LogP contribution is 2.27. The molecule has 0 N–H and O–H groups in total. The molecule has 0 bridgehead atoms. The molecule has 122 valence electrons. The van der Waals surface area contributed by atoms with Crippen molar-refractivity contribution in [1.29, 1.82) is 0 Å². The monoisotopic (exact) mass is 333 g/mol. The van der Waals surface area contributed by atoms with Crippen molar-refractivity contribution in [2.45, 2.75) is 18.2 Å². The Hall–Kier alpha value is -2.34. The second kappa shape index (κ2) is 7.78. The minimum Gasteiger partial charge on any atom is -0.493 e. The van der Waals surface area contributed by atoms with Gasteiger partial charge in [-0.25, -0.2) is 0 Å². The van der Waals surface area contributed by atoms with Gasteiger partial charge in [0.1, 0.15) is 0 Å². The van der Waals surface area contributed by atoms with E-state index in [9.17, 15) is 8.42 Å². The van der Waals surface area contributed by atoms with Crippen molar-refractivity contribution in [3.63, 3.8) is 0 Å². The first kappa shape index (κ1) is 17.0. The van der Waals surface area contributed by atoms with Crippen LogP contribution in [0.5, 0.6) is 11.5 Å². The van der Waals surface area contributed by atoms with Crippen LogP contribution in [0.3, 0.4) is 0 Å². The van der Waals surface area contributed by atoms with Crippen LogP contribution < -0.4 is 9.47 Å². The van der Waals surface area contributed by atoms with Gasteiger partial charge >= 0.3 is 0 Å². The number of nitrogens with zero attached hydrogens (tertiary/aromatic N) is 1. The van der Waals surface area contributed by atoms with E-state index < -0.39 is 10.0 Å². The lowest BCUT2D eigenvalue weighted by Gasteiger charge is -2.10. The molecule has 0 spiro atoms. The van der Waals surface area contributed by atoms with Crippen molar-refractivity contribution in [1.82, 2.24) is 0 Å². The van der Waals surface area contributed by atoms with Crippen LogP contribution in [-0.4, -0.2) is 28.3 Å². The first-order valence-electron chi connectivity index (χ1n) is 7.23. The Bertz CT molecular complexity index is 770. The number of hydrogen-bond acceptors (Lipinski definition) is 4. The predicted octanol–water partition coefficient (Wildman–Crippen LogP) is 3.29. The molecule has 5 nitrogen and oxygen atoms in total. The first-order chi connectivity index (χ1) is 11.1. The van der Waals surface area contributed by atoms with Crippen molar-refractivity contribution in [3.05, 3.63) is 54.1 Å². The maximum absolute atomic E-state index is 12.1. The summed E-state index contributed by atoms with van der Waals surface area (Å²) >= 11 is 0. The highest BCUT2D eigenvalue weighted by atomic mass is 32.2. The van der Waals surface area contributed by atoms with Crippen LogP contribution >= 0.6 is 0 Å². The number of hydrogen-bond donors (Lipinski definition) is 0. The summed E-state index contributed by atoms with van der Waals surface area (Å²) < 4.78 is 38.8. The Kier molecular flexibility index (Phi) is 5.76. The van der Waals surface area contributed by atoms with E-state index in [0.717, 1.165) is 6.42 Å². The number of ether oxygens (including phenoxy) is 2. The van der Waals surface area contributed by atoms with Gasteiger partial charge in [0.15, 0.2) is 11.5 Å². The third kappa shape index (κ3) is 4.56. The van der Waals surface area contributed by atoms with Gasteiger partial charge in [-0.15, -0.1) is 0 Å². The third-order valence-corrected chi connectivity index (χ3v) is 4.28. The largest absolute Gasteiger partial charge is 0.493 e. The summed E-state index contributed by atoms with van der Waals surface area (Å²) in [4.78, 5) is 0.159. The van der Waals surface area contributed by atoms with Crippen LogP contribution in [0.1, 0.15) is 18.9 Å². The molecular weight excluding hydrogens is 314 g/mol. The van der Waals surface area contributed by atoms with Crippen LogP contribution in [0.4, 0.5) is 0 Å². The molecule has 0 aromatic heterocycles. The van der Waals surface area contributed by atoms with Gasteiger partial charge in [-0.2, -0.15) is 12.8 Å². The molecule has 0 unspecified atom stereocenters. The van der Waals surface area contributed by atoms with Crippen LogP contribution in [0.2, 0.25) is 0 Å². The van der Waals surface area contributed by atoms with Gasteiger partial charge in [0, 0.05) is 6.21 Å². The van der Waals surface area contributed by atoms with E-state index in [0.29, 0.717) is 23.7 Å². The second-order valence-corrected chi connectivity index (χ2v) is 6.41. The van der Waals surface area contributed by atoms with Gasteiger partial charge in [0.2, 0.25) is 0 Å². The summed E-state index contributed by atoms with van der Waals surface area (Å²) in [5.74, 6) is 1.16. The number of rotatable bonds is 7. The molecule has 6 heteroatoms. The zero-order valence-corrected chi connectivity index (χ0v) is 13.9. The molecular formula is C17H19NO4S. The Morgan fingerprint density at radius 3 is 2.48 bits per heavy atom. The zero-order chi connectivity index (χ0) is 16.7. The van der Waals surface area contributed by atoms with E-state index >= 15 is 0 Å². The van der Waals surface area contributed by atoms with E-state index in [1.807, 2.05) is 6.92 Å². The molecule has 2 aromatic rings. The van der Waals surface area contributed by atoms with Crippen LogP contribution in [0, 0.1) is 0 Å². The molecule has 0 aliphatic heterocycles. The Morgan fingerprint density at radius 1 is 1.09 bits per heavy atom. The number of benzene rings is 2. The molecule has 0 saturated carbocycles. The lowest BCUT2D eigenvalue weighted by molar-refractivity contribution is 0.294. The smallest absolute Gasteiger partial charge is 0.282 e. The van der Waals surface area contributed by atoms with Gasteiger partial charge in [0.05, 0.1) is 18.6 Å². The topological polar surface area (TPSA) is 65.0 Å². The molecule has 23 heavy (non-hydrogen) atoms. The first-order valence-corrected chi connectivity index (χ1v) is 8.67. The summed E-state index contributed by atoms with van der Waals surface area (Å²) in [6.45, 7) is 2.56. The van der Waals surface area contributed by atoms with E-state index in [2.05, 4.69) is 4.40 Å². The lowest BCUT2D eigenvalue weighted by Crippen LogP contribution is -2.00. The highest BCUT2D eigenvalue weighted by Gasteiger charge is 2.11. The third-order valence-electron chi connectivity index (χ3n) is 3.03. The summed E-state index contributed by atoms with van der Waals surface area (Å²) in [6.07, 6.45) is 2.17. The Labute approximate surface area is 136 Å². The van der Waals surface area contributed by atoms with Crippen LogP contribution in [0.15, 0.2) is 57.8 Å². The molecule has 0 aliphatic rings. The van der Waals surface area contributed by atoms with Crippen LogP contribution in [0.25, 0.3) is 0 Å². The summed E-state index contributed by atoms with van der Waals surface area (Å²) in [5, 5.41) is 0. The maximum Gasteiger partial charge on any atom is 0.282 e. The second-order valence-electron chi connectivity index (χ2n) is 4.78. The van der Waals surface area contributed by atoms with Crippen molar-refractivity contribution in [2.75, 3.05) is 13.7 Å². The molecule has 0 atom stereocenters. The van der Waals surface area contributed by atoms with E-state index in [1.54, 1.807) is 43.5 Å². The van der Waals surface area contributed by atoms with E-state index in [-0.39, 0.29) is 4.90 Å². The average molecular weight is 333 g/mol. The van der Waals surface area contributed by atoms with E-state index in [4.69, 9.17) is 9.47 Å². The fourth-order valence-electron chi connectivity index (χ4n) is 1.88. The van der Waals surface area contributed by atoms with Gasteiger partial charge in [-0.1, -0.05) is 25.1 Å². The van der Waals surface area contributed by atoms with Crippen molar-refractivity contribution in [2.24, 2.45) is 4.40 Å². The summed E-state index contributed by atoms with van der Waals surface area (Å²) in [6, 6.07) is 13.2. The fraction of sp³-hybridized carbons (Fsp3) is 0.235. The molecule has 2 aromatic carbocycles. The fourth-order valence-corrected chi connectivity index (χ4v) is 2.77. The molecule has 2 rings (SSSR count). The van der Waals surface area contributed by atoms with Crippen molar-refractivity contribution >= 4 is 16.2 Å². The number of methoxy groups -OCH3 is 1. The summed E-state index contributed by atoms with van der Waals surface area (Å²) in [5.41, 5.74) is 0.622. The molecule has 0 radical (unpaired) electrons. The SMILES string of the molecule is CCCOc1cc(/C=N\S(=O)(=O)c2ccccc2)ccc1OC. The zero-order valence-electron chi connectivity index (χ0n) is 13.1. The minimum absolute atomic E-state index is 0.159. The maximum atomic E-state index is 12.1. The van der Waals surface area contributed by atoms with Crippen LogP contribution in [-0.2, 0) is 10.0 Å².